The fourth-order valence-electron chi connectivity index (χ4n) is 2.65. The molecule has 0 atom stereocenters. The van der Waals surface area contributed by atoms with Gasteiger partial charge in [0.1, 0.15) is 5.76 Å². The largest absolute Gasteiger partial charge is 0.453 e. The Kier molecular flexibility index (Phi) is 6.84. The van der Waals surface area contributed by atoms with Gasteiger partial charge in [-0.2, -0.15) is 0 Å². The summed E-state index contributed by atoms with van der Waals surface area (Å²) in [7, 11) is 0. The summed E-state index contributed by atoms with van der Waals surface area (Å²) < 4.78 is 10.4. The molecule has 0 aliphatic carbocycles. The molecule has 0 unspecified atom stereocenters. The van der Waals surface area contributed by atoms with Crippen LogP contribution in [0.5, 0.6) is 0 Å². The van der Waals surface area contributed by atoms with Crippen LogP contribution in [0.4, 0.5) is 11.4 Å². The Morgan fingerprint density at radius 1 is 1.00 bits per heavy atom. The molecule has 158 valence electrons. The lowest BCUT2D eigenvalue weighted by Crippen LogP contribution is -2.21. The standard InChI is InChI=1S/C22H17ClN2O6/c1-13(27)24-15-3-5-16(6-4-15)25-21(28)12-30-22(29)18-10-14(2-8-19(18)23)20-9-7-17(11-26)31-20/h2-11H,12H2,1H3,(H,24,27)(H,25,28). The molecule has 0 bridgehead atoms. The highest BCUT2D eigenvalue weighted by molar-refractivity contribution is 6.33. The van der Waals surface area contributed by atoms with Gasteiger partial charge in [-0.1, -0.05) is 11.6 Å². The number of hydrogen-bond donors (Lipinski definition) is 2. The maximum Gasteiger partial charge on any atom is 0.340 e. The van der Waals surface area contributed by atoms with Crippen LogP contribution >= 0.6 is 11.6 Å². The SMILES string of the molecule is CC(=O)Nc1ccc(NC(=O)COC(=O)c2cc(-c3ccc(C=O)o3)ccc2Cl)cc1. The van der Waals surface area contributed by atoms with E-state index in [0.29, 0.717) is 29.0 Å². The van der Waals surface area contributed by atoms with Crippen molar-refractivity contribution < 1.29 is 28.3 Å². The third-order valence-corrected chi connectivity index (χ3v) is 4.37. The van der Waals surface area contributed by atoms with Crippen LogP contribution in [-0.2, 0) is 14.3 Å². The van der Waals surface area contributed by atoms with Crippen LogP contribution in [0.15, 0.2) is 59.0 Å². The molecule has 2 N–H and O–H groups in total. The Bertz CT molecular complexity index is 1140. The normalized spacial score (nSPS) is 10.3. The van der Waals surface area contributed by atoms with Crippen molar-refractivity contribution in [3.8, 4) is 11.3 Å². The second kappa shape index (κ2) is 9.73. The molecule has 3 rings (SSSR count). The Labute approximate surface area is 182 Å². The predicted molar refractivity (Wildman–Crippen MR) is 114 cm³/mol. The van der Waals surface area contributed by atoms with Gasteiger partial charge in [-0.05, 0) is 54.6 Å². The Morgan fingerprint density at radius 2 is 1.68 bits per heavy atom. The molecule has 0 aliphatic heterocycles. The topological polar surface area (TPSA) is 115 Å². The smallest absolute Gasteiger partial charge is 0.340 e. The molecule has 1 aromatic heterocycles. The lowest BCUT2D eigenvalue weighted by atomic mass is 10.1. The highest BCUT2D eigenvalue weighted by Crippen LogP contribution is 2.27. The minimum Gasteiger partial charge on any atom is -0.453 e. The van der Waals surface area contributed by atoms with Gasteiger partial charge in [-0.25, -0.2) is 4.79 Å². The number of rotatable bonds is 7. The summed E-state index contributed by atoms with van der Waals surface area (Å²) in [6.07, 6.45) is 0.570. The first-order chi connectivity index (χ1) is 14.9. The van der Waals surface area contributed by atoms with Gasteiger partial charge >= 0.3 is 5.97 Å². The lowest BCUT2D eigenvalue weighted by Gasteiger charge is -2.09. The third kappa shape index (κ3) is 5.80. The molecule has 31 heavy (non-hydrogen) atoms. The van der Waals surface area contributed by atoms with E-state index in [2.05, 4.69) is 10.6 Å². The number of esters is 1. The average Bonchev–Trinajstić information content (AvgIpc) is 3.23. The molecular formula is C22H17ClN2O6. The van der Waals surface area contributed by atoms with Crippen LogP contribution in [0.1, 0.15) is 27.8 Å². The van der Waals surface area contributed by atoms with E-state index in [1.54, 1.807) is 36.4 Å². The number of carbonyl (C=O) groups excluding carboxylic acids is 4. The van der Waals surface area contributed by atoms with Gasteiger partial charge in [0.15, 0.2) is 18.7 Å². The highest BCUT2D eigenvalue weighted by Gasteiger charge is 2.16. The van der Waals surface area contributed by atoms with Gasteiger partial charge in [0.25, 0.3) is 5.91 Å². The number of ether oxygens (including phenoxy) is 1. The van der Waals surface area contributed by atoms with Crippen molar-refractivity contribution in [2.45, 2.75) is 6.92 Å². The number of furan rings is 1. The van der Waals surface area contributed by atoms with Crippen molar-refractivity contribution in [1.29, 1.82) is 0 Å². The molecule has 2 amide bonds. The molecule has 3 aromatic rings. The summed E-state index contributed by atoms with van der Waals surface area (Å²) in [5.41, 5.74) is 1.63. The molecule has 0 radical (unpaired) electrons. The van der Waals surface area contributed by atoms with Gasteiger partial charge in [0.05, 0.1) is 10.6 Å². The monoisotopic (exact) mass is 440 g/mol. The van der Waals surface area contributed by atoms with E-state index in [9.17, 15) is 19.2 Å². The van der Waals surface area contributed by atoms with Gasteiger partial charge < -0.3 is 19.8 Å². The van der Waals surface area contributed by atoms with Crippen molar-refractivity contribution in [2.75, 3.05) is 17.2 Å². The van der Waals surface area contributed by atoms with E-state index in [1.807, 2.05) is 0 Å². The van der Waals surface area contributed by atoms with Crippen molar-refractivity contribution in [1.82, 2.24) is 0 Å². The maximum absolute atomic E-state index is 12.4. The molecule has 0 saturated heterocycles. The number of anilines is 2. The number of benzene rings is 2. The fourth-order valence-corrected chi connectivity index (χ4v) is 2.85. The first-order valence-electron chi connectivity index (χ1n) is 9.05. The second-order valence-corrected chi connectivity index (χ2v) is 6.80. The summed E-state index contributed by atoms with van der Waals surface area (Å²) in [6, 6.07) is 14.1. The summed E-state index contributed by atoms with van der Waals surface area (Å²) in [5, 5.41) is 5.34. The molecular weight excluding hydrogens is 424 g/mol. The lowest BCUT2D eigenvalue weighted by molar-refractivity contribution is -0.119. The first kappa shape index (κ1) is 21.8. The molecule has 8 nitrogen and oxygen atoms in total. The number of carbonyl (C=O) groups is 4. The van der Waals surface area contributed by atoms with Crippen molar-refractivity contribution >= 4 is 47.0 Å². The van der Waals surface area contributed by atoms with Crippen LogP contribution in [0, 0.1) is 0 Å². The molecule has 9 heteroatoms. The predicted octanol–water partition coefficient (Wildman–Crippen LogP) is 4.17. The van der Waals surface area contributed by atoms with Gasteiger partial charge in [0.2, 0.25) is 5.91 Å². The Hall–Kier alpha value is -3.91. The van der Waals surface area contributed by atoms with Crippen molar-refractivity contribution in [3.05, 3.63) is 70.9 Å². The average molecular weight is 441 g/mol. The van der Waals surface area contributed by atoms with E-state index in [0.717, 1.165) is 0 Å². The van der Waals surface area contributed by atoms with Crippen LogP contribution in [0.25, 0.3) is 11.3 Å². The van der Waals surface area contributed by atoms with Gasteiger partial charge in [-0.15, -0.1) is 0 Å². The number of aldehydes is 1. The second-order valence-electron chi connectivity index (χ2n) is 6.40. The molecule has 0 saturated carbocycles. The fraction of sp³-hybridized carbons (Fsp3) is 0.0909. The number of halogens is 1. The number of amides is 2. The molecule has 0 aliphatic rings. The molecule has 1 heterocycles. The van der Waals surface area contributed by atoms with Crippen LogP contribution in [0.2, 0.25) is 5.02 Å². The van der Waals surface area contributed by atoms with E-state index in [-0.39, 0.29) is 22.3 Å². The van der Waals surface area contributed by atoms with Crippen LogP contribution in [0.3, 0.4) is 0 Å². The van der Waals surface area contributed by atoms with Gasteiger partial charge in [-0.3, -0.25) is 14.4 Å². The molecule has 2 aromatic carbocycles. The van der Waals surface area contributed by atoms with E-state index < -0.39 is 18.5 Å². The number of hydrogen-bond acceptors (Lipinski definition) is 6. The summed E-state index contributed by atoms with van der Waals surface area (Å²) in [5.74, 6) is -1.01. The van der Waals surface area contributed by atoms with Crippen molar-refractivity contribution in [2.24, 2.45) is 0 Å². The quantitative estimate of drug-likeness (QED) is 0.421. The van der Waals surface area contributed by atoms with Crippen LogP contribution in [-0.4, -0.2) is 30.7 Å². The summed E-state index contributed by atoms with van der Waals surface area (Å²) >= 11 is 6.09. The summed E-state index contributed by atoms with van der Waals surface area (Å²) in [4.78, 5) is 46.3. The summed E-state index contributed by atoms with van der Waals surface area (Å²) in [6.45, 7) is 0.867. The maximum atomic E-state index is 12.4. The van der Waals surface area contributed by atoms with Crippen molar-refractivity contribution in [3.63, 3.8) is 0 Å². The van der Waals surface area contributed by atoms with E-state index in [4.69, 9.17) is 20.8 Å². The zero-order valence-corrected chi connectivity index (χ0v) is 17.1. The highest BCUT2D eigenvalue weighted by atomic mass is 35.5. The third-order valence-electron chi connectivity index (χ3n) is 4.04. The van der Waals surface area contributed by atoms with Gasteiger partial charge in [0, 0.05) is 23.9 Å². The minimum absolute atomic E-state index is 0.0516. The Balaban J connectivity index is 1.61. The van der Waals surface area contributed by atoms with E-state index >= 15 is 0 Å². The Morgan fingerprint density at radius 3 is 2.29 bits per heavy atom. The zero-order chi connectivity index (χ0) is 22.4. The molecule has 0 spiro atoms. The zero-order valence-electron chi connectivity index (χ0n) is 16.3. The number of nitrogens with one attached hydrogen (secondary N) is 2. The minimum atomic E-state index is -0.787. The first-order valence-corrected chi connectivity index (χ1v) is 9.43. The van der Waals surface area contributed by atoms with Crippen LogP contribution < -0.4 is 10.6 Å². The van der Waals surface area contributed by atoms with E-state index in [1.165, 1.54) is 25.1 Å². The molecule has 0 fully saturated rings.